The van der Waals surface area contributed by atoms with Crippen molar-refractivity contribution in [2.75, 3.05) is 34.4 Å². The lowest BCUT2D eigenvalue weighted by molar-refractivity contribution is -0.141. The van der Waals surface area contributed by atoms with Crippen LogP contribution in [0.3, 0.4) is 0 Å². The smallest absolute Gasteiger partial charge is 0.242 e. The number of methoxy groups -OCH3 is 3. The minimum atomic E-state index is -0.391. The van der Waals surface area contributed by atoms with Crippen LogP contribution in [0.1, 0.15) is 31.7 Å². The van der Waals surface area contributed by atoms with Crippen LogP contribution in [0.25, 0.3) is 0 Å². The van der Waals surface area contributed by atoms with Gasteiger partial charge >= 0.3 is 0 Å². The number of nitrogens with zero attached hydrogens (tertiary/aromatic N) is 1. The van der Waals surface area contributed by atoms with Crippen molar-refractivity contribution in [1.82, 2.24) is 10.2 Å². The normalized spacial score (nSPS) is 16.8. The summed E-state index contributed by atoms with van der Waals surface area (Å²) in [5, 5.41) is 2.83. The second-order valence-corrected chi connectivity index (χ2v) is 6.20. The Labute approximate surface area is 154 Å². The fourth-order valence-corrected chi connectivity index (χ4v) is 3.31. The molecule has 26 heavy (non-hydrogen) atoms. The van der Waals surface area contributed by atoms with Gasteiger partial charge in [0.25, 0.3) is 0 Å². The molecule has 2 amide bonds. The molecule has 0 bridgehead atoms. The minimum absolute atomic E-state index is 0.0739. The molecule has 2 rings (SSSR count). The quantitative estimate of drug-likeness (QED) is 0.798. The van der Waals surface area contributed by atoms with E-state index < -0.39 is 6.04 Å². The highest BCUT2D eigenvalue weighted by atomic mass is 16.5. The summed E-state index contributed by atoms with van der Waals surface area (Å²) in [6, 6.07) is 3.15. The topological polar surface area (TPSA) is 77.1 Å². The van der Waals surface area contributed by atoms with Gasteiger partial charge in [-0.25, -0.2) is 0 Å². The Morgan fingerprint density at radius 1 is 1.12 bits per heavy atom. The molecule has 1 aromatic rings. The predicted octanol–water partition coefficient (Wildman–Crippen LogP) is 1.77. The van der Waals surface area contributed by atoms with E-state index in [4.69, 9.17) is 14.2 Å². The SMILES string of the molecule is CCNC(=O)C1CCCCN1C(=O)Cc1cc(OC)c(OC)c(OC)c1. The molecule has 7 heteroatoms. The Morgan fingerprint density at radius 3 is 2.31 bits per heavy atom. The Balaban J connectivity index is 2.21. The van der Waals surface area contributed by atoms with E-state index in [1.165, 1.54) is 7.11 Å². The van der Waals surface area contributed by atoms with Crippen LogP contribution in [0.15, 0.2) is 12.1 Å². The molecule has 7 nitrogen and oxygen atoms in total. The first-order valence-corrected chi connectivity index (χ1v) is 8.91. The van der Waals surface area contributed by atoms with E-state index >= 15 is 0 Å². The van der Waals surface area contributed by atoms with Crippen molar-refractivity contribution < 1.29 is 23.8 Å². The fourth-order valence-electron chi connectivity index (χ4n) is 3.31. The first-order chi connectivity index (χ1) is 12.5. The molecule has 1 heterocycles. The molecular weight excluding hydrogens is 336 g/mol. The van der Waals surface area contributed by atoms with Gasteiger partial charge in [0.2, 0.25) is 17.6 Å². The van der Waals surface area contributed by atoms with E-state index in [0.29, 0.717) is 36.8 Å². The molecule has 144 valence electrons. The fraction of sp³-hybridized carbons (Fsp3) is 0.579. The van der Waals surface area contributed by atoms with Crippen LogP contribution in [-0.2, 0) is 16.0 Å². The van der Waals surface area contributed by atoms with Gasteiger partial charge in [-0.2, -0.15) is 0 Å². The zero-order valence-electron chi connectivity index (χ0n) is 16.0. The molecule has 1 atom stereocenters. The van der Waals surface area contributed by atoms with Crippen molar-refractivity contribution in [2.24, 2.45) is 0 Å². The van der Waals surface area contributed by atoms with Gasteiger partial charge in [-0.1, -0.05) is 0 Å². The molecule has 1 saturated heterocycles. The molecule has 0 spiro atoms. The zero-order valence-corrected chi connectivity index (χ0v) is 16.0. The van der Waals surface area contributed by atoms with Crippen LogP contribution < -0.4 is 19.5 Å². The average molecular weight is 364 g/mol. The summed E-state index contributed by atoms with van der Waals surface area (Å²) >= 11 is 0. The lowest BCUT2D eigenvalue weighted by atomic mass is 9.99. The zero-order chi connectivity index (χ0) is 19.1. The number of likely N-dealkylation sites (N-methyl/N-ethyl adjacent to an activating group) is 1. The lowest BCUT2D eigenvalue weighted by Crippen LogP contribution is -2.52. The Morgan fingerprint density at radius 2 is 1.77 bits per heavy atom. The van der Waals surface area contributed by atoms with Crippen molar-refractivity contribution in [3.63, 3.8) is 0 Å². The van der Waals surface area contributed by atoms with E-state index in [9.17, 15) is 9.59 Å². The van der Waals surface area contributed by atoms with Crippen molar-refractivity contribution >= 4 is 11.8 Å². The summed E-state index contributed by atoms with van der Waals surface area (Å²) in [4.78, 5) is 26.9. The minimum Gasteiger partial charge on any atom is -0.493 e. The standard InChI is InChI=1S/C19H28N2O5/c1-5-20-19(23)14-8-6-7-9-21(14)17(22)12-13-10-15(24-2)18(26-4)16(11-13)25-3/h10-11,14H,5-9,12H2,1-4H3,(H,20,23). The van der Waals surface area contributed by atoms with Crippen LogP contribution in [0, 0.1) is 0 Å². The molecule has 1 N–H and O–H groups in total. The number of nitrogens with one attached hydrogen (secondary N) is 1. The van der Waals surface area contributed by atoms with Crippen LogP contribution in [-0.4, -0.2) is 57.2 Å². The molecule has 0 aromatic heterocycles. The van der Waals surface area contributed by atoms with E-state index in [1.807, 2.05) is 6.92 Å². The summed E-state index contributed by atoms with van der Waals surface area (Å²) in [6.07, 6.45) is 2.74. The number of piperidine rings is 1. The highest BCUT2D eigenvalue weighted by molar-refractivity contribution is 5.88. The van der Waals surface area contributed by atoms with E-state index in [2.05, 4.69) is 5.32 Å². The predicted molar refractivity (Wildman–Crippen MR) is 97.8 cm³/mol. The number of hydrogen-bond donors (Lipinski definition) is 1. The molecule has 1 aromatic carbocycles. The number of carbonyl (C=O) groups is 2. The second kappa shape index (κ2) is 9.31. The van der Waals surface area contributed by atoms with Gasteiger partial charge in [0.1, 0.15) is 6.04 Å². The summed E-state index contributed by atoms with van der Waals surface area (Å²) in [5.74, 6) is 1.35. The summed E-state index contributed by atoms with van der Waals surface area (Å²) < 4.78 is 16.0. The molecule has 1 aliphatic heterocycles. The van der Waals surface area contributed by atoms with Crippen LogP contribution in [0.5, 0.6) is 17.2 Å². The maximum atomic E-state index is 12.9. The van der Waals surface area contributed by atoms with Gasteiger partial charge in [0, 0.05) is 13.1 Å². The third kappa shape index (κ3) is 4.39. The lowest BCUT2D eigenvalue weighted by Gasteiger charge is -2.34. The van der Waals surface area contributed by atoms with Crippen LogP contribution in [0.4, 0.5) is 0 Å². The van der Waals surface area contributed by atoms with Crippen LogP contribution in [0.2, 0.25) is 0 Å². The summed E-state index contributed by atoms with van der Waals surface area (Å²) in [6.45, 7) is 3.04. The highest BCUT2D eigenvalue weighted by Gasteiger charge is 2.31. The highest BCUT2D eigenvalue weighted by Crippen LogP contribution is 2.38. The number of benzene rings is 1. The molecule has 0 radical (unpaired) electrons. The van der Waals surface area contributed by atoms with Gasteiger partial charge in [0.15, 0.2) is 11.5 Å². The largest absolute Gasteiger partial charge is 0.493 e. The van der Waals surface area contributed by atoms with Crippen molar-refractivity contribution in [1.29, 1.82) is 0 Å². The van der Waals surface area contributed by atoms with E-state index in [-0.39, 0.29) is 18.2 Å². The maximum absolute atomic E-state index is 12.9. The summed E-state index contributed by atoms with van der Waals surface area (Å²) in [5.41, 5.74) is 0.754. The molecule has 1 fully saturated rings. The maximum Gasteiger partial charge on any atom is 0.242 e. The Hall–Kier alpha value is -2.44. The molecule has 0 aliphatic carbocycles. The van der Waals surface area contributed by atoms with Gasteiger partial charge in [-0.15, -0.1) is 0 Å². The monoisotopic (exact) mass is 364 g/mol. The van der Waals surface area contributed by atoms with Gasteiger partial charge in [-0.05, 0) is 43.9 Å². The Bertz CT molecular complexity index is 622. The third-order valence-corrected chi connectivity index (χ3v) is 4.56. The number of likely N-dealkylation sites (tertiary alicyclic amines) is 1. The van der Waals surface area contributed by atoms with Gasteiger partial charge in [-0.3, -0.25) is 9.59 Å². The second-order valence-electron chi connectivity index (χ2n) is 6.20. The van der Waals surface area contributed by atoms with E-state index in [0.717, 1.165) is 18.4 Å². The van der Waals surface area contributed by atoms with Gasteiger partial charge < -0.3 is 24.4 Å². The molecular formula is C19H28N2O5. The van der Waals surface area contributed by atoms with E-state index in [1.54, 1.807) is 31.3 Å². The van der Waals surface area contributed by atoms with Crippen molar-refractivity contribution in [3.05, 3.63) is 17.7 Å². The molecule has 0 saturated carbocycles. The summed E-state index contributed by atoms with van der Waals surface area (Å²) in [7, 11) is 4.62. The number of carbonyl (C=O) groups excluding carboxylic acids is 2. The van der Waals surface area contributed by atoms with Crippen molar-refractivity contribution in [3.8, 4) is 17.2 Å². The number of rotatable bonds is 7. The Kier molecular flexibility index (Phi) is 7.12. The molecule has 1 unspecified atom stereocenters. The van der Waals surface area contributed by atoms with Gasteiger partial charge in [0.05, 0.1) is 27.8 Å². The number of amides is 2. The number of hydrogen-bond acceptors (Lipinski definition) is 5. The third-order valence-electron chi connectivity index (χ3n) is 4.56. The van der Waals surface area contributed by atoms with Crippen LogP contribution >= 0.6 is 0 Å². The average Bonchev–Trinajstić information content (AvgIpc) is 2.67. The molecule has 1 aliphatic rings. The first kappa shape index (κ1) is 19.9. The number of ether oxygens (including phenoxy) is 3. The first-order valence-electron chi connectivity index (χ1n) is 8.91. The van der Waals surface area contributed by atoms with Crippen molar-refractivity contribution in [2.45, 2.75) is 38.6 Å².